The Labute approximate surface area is 303 Å². The van der Waals surface area contributed by atoms with Gasteiger partial charge in [-0.25, -0.2) is 0 Å². The van der Waals surface area contributed by atoms with Gasteiger partial charge in [-0.2, -0.15) is 0 Å². The van der Waals surface area contributed by atoms with Crippen molar-refractivity contribution in [2.75, 3.05) is 4.90 Å². The maximum atomic E-state index is 7.06. The first-order valence-corrected chi connectivity index (χ1v) is 17.8. The van der Waals surface area contributed by atoms with Gasteiger partial charge in [0.1, 0.15) is 11.5 Å². The summed E-state index contributed by atoms with van der Waals surface area (Å²) < 4.78 is 7.06. The predicted molar refractivity (Wildman–Crippen MR) is 218 cm³/mol. The number of nitrogens with zero attached hydrogens (tertiary/aromatic N) is 1. The van der Waals surface area contributed by atoms with E-state index in [0.29, 0.717) is 0 Å². The molecule has 0 saturated heterocycles. The van der Waals surface area contributed by atoms with Gasteiger partial charge in [0.05, 0.1) is 0 Å². The average molecular weight is 664 g/mol. The fourth-order valence-electron chi connectivity index (χ4n) is 7.69. The lowest BCUT2D eigenvalue weighted by Crippen LogP contribution is -2.10. The molecule has 0 amide bonds. The first-order chi connectivity index (χ1) is 25.8. The van der Waals surface area contributed by atoms with Crippen LogP contribution in [-0.4, -0.2) is 0 Å². The molecule has 0 unspecified atom stereocenters. The van der Waals surface area contributed by atoms with Crippen LogP contribution in [0.4, 0.5) is 17.1 Å². The van der Waals surface area contributed by atoms with Crippen LogP contribution in [0.2, 0.25) is 0 Å². The molecule has 2 heteroatoms. The van der Waals surface area contributed by atoms with Crippen LogP contribution in [-0.2, 0) is 0 Å². The van der Waals surface area contributed by atoms with Gasteiger partial charge in [-0.1, -0.05) is 140 Å². The van der Waals surface area contributed by atoms with Crippen molar-refractivity contribution in [2.24, 2.45) is 0 Å². The third kappa shape index (κ3) is 5.21. The van der Waals surface area contributed by atoms with E-state index in [1.54, 1.807) is 0 Å². The zero-order valence-electron chi connectivity index (χ0n) is 28.4. The van der Waals surface area contributed by atoms with E-state index in [1.807, 2.05) is 0 Å². The van der Waals surface area contributed by atoms with E-state index in [4.69, 9.17) is 4.74 Å². The molecule has 0 saturated carbocycles. The maximum absolute atomic E-state index is 7.06. The molecular formula is C50H33NO. The molecule has 0 radical (unpaired) electrons. The number of benzene rings is 9. The summed E-state index contributed by atoms with van der Waals surface area (Å²) in [5.74, 6) is 1.67. The first-order valence-electron chi connectivity index (χ1n) is 17.8. The largest absolute Gasteiger partial charge is 0.456 e. The second-order valence-electron chi connectivity index (χ2n) is 13.4. The highest BCUT2D eigenvalue weighted by Crippen LogP contribution is 2.52. The van der Waals surface area contributed by atoms with Crippen LogP contribution >= 0.6 is 0 Å². The summed E-state index contributed by atoms with van der Waals surface area (Å²) in [4.78, 5) is 2.33. The van der Waals surface area contributed by atoms with Crippen LogP contribution in [0.1, 0.15) is 0 Å². The maximum Gasteiger partial charge on any atom is 0.137 e. The van der Waals surface area contributed by atoms with Crippen molar-refractivity contribution >= 4 is 38.6 Å². The normalized spacial score (nSPS) is 11.6. The molecule has 0 aliphatic carbocycles. The second kappa shape index (κ2) is 12.5. The van der Waals surface area contributed by atoms with Crippen molar-refractivity contribution in [1.29, 1.82) is 0 Å². The second-order valence-corrected chi connectivity index (χ2v) is 13.4. The summed E-state index contributed by atoms with van der Waals surface area (Å²) >= 11 is 0. The van der Waals surface area contributed by atoms with Gasteiger partial charge >= 0.3 is 0 Å². The van der Waals surface area contributed by atoms with Crippen molar-refractivity contribution in [1.82, 2.24) is 0 Å². The molecule has 0 spiro atoms. The number of hydrogen-bond donors (Lipinski definition) is 0. The highest BCUT2D eigenvalue weighted by Gasteiger charge is 2.26. The SMILES string of the molecule is c1ccc(-c2ccc(N(c3ccc4c(c3)Oc3cccc(-c5ccccc5)c3-c3cc5ccccc5cc3-4)c3ccc4ccccc4c3)cc2)cc1. The van der Waals surface area contributed by atoms with E-state index >= 15 is 0 Å². The highest BCUT2D eigenvalue weighted by atomic mass is 16.5. The van der Waals surface area contributed by atoms with Gasteiger partial charge in [0, 0.05) is 34.3 Å². The summed E-state index contributed by atoms with van der Waals surface area (Å²) in [5.41, 5.74) is 12.4. The molecule has 0 bridgehead atoms. The van der Waals surface area contributed by atoms with Crippen LogP contribution in [0.25, 0.3) is 66.1 Å². The van der Waals surface area contributed by atoms with Gasteiger partial charge in [0.2, 0.25) is 0 Å². The Bertz CT molecular complexity index is 2750. The third-order valence-corrected chi connectivity index (χ3v) is 10.2. The van der Waals surface area contributed by atoms with Crippen molar-refractivity contribution < 1.29 is 4.74 Å². The van der Waals surface area contributed by atoms with Crippen molar-refractivity contribution in [3.05, 3.63) is 200 Å². The molecule has 2 nitrogen and oxygen atoms in total. The summed E-state index contributed by atoms with van der Waals surface area (Å²) in [6, 6.07) is 71.6. The Balaban J connectivity index is 1.18. The summed E-state index contributed by atoms with van der Waals surface area (Å²) in [6.45, 7) is 0. The molecule has 9 aromatic carbocycles. The molecule has 0 fully saturated rings. The molecule has 1 aliphatic heterocycles. The van der Waals surface area contributed by atoms with Gasteiger partial charge in [-0.3, -0.25) is 0 Å². The molecular weight excluding hydrogens is 631 g/mol. The van der Waals surface area contributed by atoms with E-state index in [-0.39, 0.29) is 0 Å². The van der Waals surface area contributed by atoms with Crippen LogP contribution in [0, 0.1) is 0 Å². The summed E-state index contributed by atoms with van der Waals surface area (Å²) in [5, 5.41) is 4.82. The summed E-state index contributed by atoms with van der Waals surface area (Å²) in [7, 11) is 0. The van der Waals surface area contributed by atoms with E-state index < -0.39 is 0 Å². The van der Waals surface area contributed by atoms with Crippen LogP contribution in [0.15, 0.2) is 200 Å². The lowest BCUT2D eigenvalue weighted by Gasteiger charge is -2.27. The Morgan fingerprint density at radius 1 is 0.288 bits per heavy atom. The predicted octanol–water partition coefficient (Wildman–Crippen LogP) is 14.2. The fourth-order valence-corrected chi connectivity index (χ4v) is 7.69. The topological polar surface area (TPSA) is 12.5 Å². The van der Waals surface area contributed by atoms with Gasteiger partial charge in [0.15, 0.2) is 0 Å². The Morgan fingerprint density at radius 3 is 1.58 bits per heavy atom. The van der Waals surface area contributed by atoms with Gasteiger partial charge in [0.25, 0.3) is 0 Å². The highest BCUT2D eigenvalue weighted by molar-refractivity contribution is 6.03. The molecule has 1 heterocycles. The molecule has 0 aromatic heterocycles. The Kier molecular flexibility index (Phi) is 7.18. The Morgan fingerprint density at radius 2 is 0.846 bits per heavy atom. The number of ether oxygens (including phenoxy) is 1. The zero-order chi connectivity index (χ0) is 34.4. The lowest BCUT2D eigenvalue weighted by molar-refractivity contribution is 0.488. The van der Waals surface area contributed by atoms with Gasteiger partial charge in [-0.05, 0) is 110 Å². The molecule has 9 aromatic rings. The van der Waals surface area contributed by atoms with Crippen LogP contribution in [0.3, 0.4) is 0 Å². The third-order valence-electron chi connectivity index (χ3n) is 10.2. The van der Waals surface area contributed by atoms with Gasteiger partial charge < -0.3 is 9.64 Å². The molecule has 10 rings (SSSR count). The monoisotopic (exact) mass is 663 g/mol. The number of hydrogen-bond acceptors (Lipinski definition) is 2. The van der Waals surface area contributed by atoms with Crippen LogP contribution < -0.4 is 9.64 Å². The lowest BCUT2D eigenvalue weighted by atomic mass is 9.87. The number of rotatable bonds is 5. The fraction of sp³-hybridized carbons (Fsp3) is 0. The number of anilines is 3. The minimum absolute atomic E-state index is 0.824. The van der Waals surface area contributed by atoms with E-state index in [0.717, 1.165) is 56.4 Å². The standard InChI is InChI=1S/C50H33NO/c1-3-12-34(13-4-1)36-22-25-41(26-23-36)51(42-27-24-35-14-7-8-17-38(35)30-42)43-28-29-45-46-31-39-18-9-10-19-40(39)32-47(46)50-44(37-15-5-2-6-16-37)20-11-21-48(50)52-49(45)33-43/h1-33H. The van der Waals surface area contributed by atoms with Crippen molar-refractivity contribution in [3.8, 4) is 56.0 Å². The summed E-state index contributed by atoms with van der Waals surface area (Å²) in [6.07, 6.45) is 0. The van der Waals surface area contributed by atoms with Crippen molar-refractivity contribution in [2.45, 2.75) is 0 Å². The molecule has 52 heavy (non-hydrogen) atoms. The molecule has 0 atom stereocenters. The molecule has 244 valence electrons. The quantitative estimate of drug-likeness (QED) is 0.182. The smallest absolute Gasteiger partial charge is 0.137 e. The van der Waals surface area contributed by atoms with E-state index in [2.05, 4.69) is 205 Å². The van der Waals surface area contributed by atoms with Gasteiger partial charge in [-0.15, -0.1) is 0 Å². The first kappa shape index (κ1) is 30.0. The minimum atomic E-state index is 0.824. The molecule has 0 N–H and O–H groups in total. The number of fused-ring (bicyclic) bond motifs is 7. The average Bonchev–Trinajstić information content (AvgIpc) is 3.34. The van der Waals surface area contributed by atoms with Crippen molar-refractivity contribution in [3.63, 3.8) is 0 Å². The van der Waals surface area contributed by atoms with E-state index in [9.17, 15) is 0 Å². The molecule has 1 aliphatic rings. The minimum Gasteiger partial charge on any atom is -0.456 e. The zero-order valence-corrected chi connectivity index (χ0v) is 28.4. The van der Waals surface area contributed by atoms with E-state index in [1.165, 1.54) is 38.2 Å². The Hall–Kier alpha value is -6.90. The van der Waals surface area contributed by atoms with Crippen LogP contribution in [0.5, 0.6) is 11.5 Å².